The number of ether oxygens (including phenoxy) is 3. The maximum Gasteiger partial charge on any atom is 0.123 e. The summed E-state index contributed by atoms with van der Waals surface area (Å²) >= 11 is 3.45. The zero-order valence-corrected chi connectivity index (χ0v) is 12.5. The van der Waals surface area contributed by atoms with E-state index in [0.29, 0.717) is 26.4 Å². The summed E-state index contributed by atoms with van der Waals surface area (Å²) in [6, 6.07) is 5.99. The largest absolute Gasteiger partial charge is 0.491 e. The van der Waals surface area contributed by atoms with Gasteiger partial charge in [-0.25, -0.2) is 0 Å². The predicted molar refractivity (Wildman–Crippen MR) is 75.1 cm³/mol. The van der Waals surface area contributed by atoms with E-state index >= 15 is 0 Å². The lowest BCUT2D eigenvalue weighted by atomic mass is 10.2. The van der Waals surface area contributed by atoms with Crippen molar-refractivity contribution in [3.05, 3.63) is 28.2 Å². The van der Waals surface area contributed by atoms with Gasteiger partial charge in [-0.15, -0.1) is 0 Å². The smallest absolute Gasteiger partial charge is 0.123 e. The maximum atomic E-state index is 5.70. The van der Waals surface area contributed by atoms with Crippen LogP contribution in [0.25, 0.3) is 0 Å². The molecule has 0 aromatic heterocycles. The molecule has 1 rings (SSSR count). The van der Waals surface area contributed by atoms with Gasteiger partial charge in [-0.2, -0.15) is 0 Å². The van der Waals surface area contributed by atoms with E-state index in [0.717, 1.165) is 22.3 Å². The van der Waals surface area contributed by atoms with Crippen LogP contribution in [-0.4, -0.2) is 40.6 Å². The molecule has 0 aliphatic rings. The van der Waals surface area contributed by atoms with Crippen molar-refractivity contribution in [3.63, 3.8) is 0 Å². The highest BCUT2D eigenvalue weighted by Gasteiger charge is 2.03. The Hall–Kier alpha value is -0.620. The molecule has 0 bridgehead atoms. The van der Waals surface area contributed by atoms with Gasteiger partial charge in [0.1, 0.15) is 12.4 Å². The van der Waals surface area contributed by atoms with Gasteiger partial charge in [-0.1, -0.05) is 15.9 Å². The van der Waals surface area contributed by atoms with Crippen molar-refractivity contribution in [2.75, 3.05) is 40.6 Å². The van der Waals surface area contributed by atoms with E-state index in [-0.39, 0.29) is 0 Å². The summed E-state index contributed by atoms with van der Waals surface area (Å²) in [5.74, 6) is 0.892. The van der Waals surface area contributed by atoms with Crippen LogP contribution in [0.4, 0.5) is 0 Å². The summed E-state index contributed by atoms with van der Waals surface area (Å²) in [5.41, 5.74) is 1.13. The lowest BCUT2D eigenvalue weighted by molar-refractivity contribution is 0.0542. The van der Waals surface area contributed by atoms with Crippen LogP contribution in [-0.2, 0) is 16.0 Å². The van der Waals surface area contributed by atoms with Crippen molar-refractivity contribution in [3.8, 4) is 5.75 Å². The molecule has 4 nitrogen and oxygen atoms in total. The standard InChI is InChI=1S/C13H20BrNO3/c1-15-10-11-9-12(14)3-4-13(11)18-8-7-17-6-5-16-2/h3-4,9,15H,5-8,10H2,1-2H3. The molecule has 0 fully saturated rings. The summed E-state index contributed by atoms with van der Waals surface area (Å²) in [4.78, 5) is 0. The van der Waals surface area contributed by atoms with Crippen molar-refractivity contribution in [1.82, 2.24) is 5.32 Å². The minimum Gasteiger partial charge on any atom is -0.491 e. The Balaban J connectivity index is 2.36. The second-order valence-corrected chi connectivity index (χ2v) is 4.65. The molecule has 0 heterocycles. The normalized spacial score (nSPS) is 10.6. The van der Waals surface area contributed by atoms with Crippen LogP contribution in [0.2, 0.25) is 0 Å². The minimum atomic E-state index is 0.544. The average molecular weight is 318 g/mol. The Kier molecular flexibility index (Phi) is 8.00. The van der Waals surface area contributed by atoms with Crippen molar-refractivity contribution in [1.29, 1.82) is 0 Å². The average Bonchev–Trinajstić information content (AvgIpc) is 2.36. The zero-order valence-electron chi connectivity index (χ0n) is 10.9. The summed E-state index contributed by atoms with van der Waals surface area (Å²) in [7, 11) is 3.57. The molecule has 0 aliphatic carbocycles. The molecule has 1 aromatic carbocycles. The van der Waals surface area contributed by atoms with E-state index in [9.17, 15) is 0 Å². The monoisotopic (exact) mass is 317 g/mol. The molecule has 0 saturated carbocycles. The van der Waals surface area contributed by atoms with E-state index in [1.165, 1.54) is 0 Å². The van der Waals surface area contributed by atoms with Crippen LogP contribution >= 0.6 is 15.9 Å². The molecule has 0 radical (unpaired) electrons. The molecule has 0 amide bonds. The van der Waals surface area contributed by atoms with Gasteiger partial charge in [0.25, 0.3) is 0 Å². The highest BCUT2D eigenvalue weighted by atomic mass is 79.9. The van der Waals surface area contributed by atoms with Gasteiger partial charge < -0.3 is 19.5 Å². The summed E-state index contributed by atoms with van der Waals surface area (Å²) in [5, 5.41) is 3.12. The number of halogens is 1. The Morgan fingerprint density at radius 1 is 1.17 bits per heavy atom. The van der Waals surface area contributed by atoms with Crippen molar-refractivity contribution >= 4 is 15.9 Å². The lowest BCUT2D eigenvalue weighted by Crippen LogP contribution is -2.12. The molecule has 18 heavy (non-hydrogen) atoms. The molecule has 0 spiro atoms. The first kappa shape index (κ1) is 15.4. The fourth-order valence-corrected chi connectivity index (χ4v) is 1.88. The minimum absolute atomic E-state index is 0.544. The summed E-state index contributed by atoms with van der Waals surface area (Å²) in [6.07, 6.45) is 0. The molecule has 1 N–H and O–H groups in total. The number of hydrogen-bond acceptors (Lipinski definition) is 4. The van der Waals surface area contributed by atoms with E-state index < -0.39 is 0 Å². The van der Waals surface area contributed by atoms with Crippen LogP contribution in [0.3, 0.4) is 0 Å². The van der Waals surface area contributed by atoms with Crippen LogP contribution in [0.15, 0.2) is 22.7 Å². The van der Waals surface area contributed by atoms with Gasteiger partial charge in [0.2, 0.25) is 0 Å². The maximum absolute atomic E-state index is 5.70. The second-order valence-electron chi connectivity index (χ2n) is 3.74. The Morgan fingerprint density at radius 3 is 2.67 bits per heavy atom. The first-order valence-corrected chi connectivity index (χ1v) is 6.69. The van der Waals surface area contributed by atoms with Gasteiger partial charge in [0, 0.05) is 23.7 Å². The molecule has 0 aliphatic heterocycles. The van der Waals surface area contributed by atoms with Crippen LogP contribution in [0.1, 0.15) is 5.56 Å². The third-order valence-electron chi connectivity index (χ3n) is 2.31. The number of rotatable bonds is 9. The quantitative estimate of drug-likeness (QED) is 0.709. The van der Waals surface area contributed by atoms with E-state index in [2.05, 4.69) is 27.3 Å². The van der Waals surface area contributed by atoms with Gasteiger partial charge in [-0.05, 0) is 25.2 Å². The molecular weight excluding hydrogens is 298 g/mol. The van der Waals surface area contributed by atoms with Crippen LogP contribution in [0.5, 0.6) is 5.75 Å². The van der Waals surface area contributed by atoms with E-state index in [4.69, 9.17) is 14.2 Å². The zero-order chi connectivity index (χ0) is 13.2. The first-order valence-electron chi connectivity index (χ1n) is 5.90. The highest BCUT2D eigenvalue weighted by Crippen LogP contribution is 2.23. The second kappa shape index (κ2) is 9.33. The van der Waals surface area contributed by atoms with E-state index in [1.807, 2.05) is 19.2 Å². The SMILES string of the molecule is CNCc1cc(Br)ccc1OCCOCCOC. The lowest BCUT2D eigenvalue weighted by Gasteiger charge is -2.12. The van der Waals surface area contributed by atoms with Gasteiger partial charge >= 0.3 is 0 Å². The molecule has 5 heteroatoms. The van der Waals surface area contributed by atoms with Crippen LogP contribution < -0.4 is 10.1 Å². The molecule has 1 aromatic rings. The van der Waals surface area contributed by atoms with Gasteiger partial charge in [0.15, 0.2) is 0 Å². The summed E-state index contributed by atoms with van der Waals surface area (Å²) in [6.45, 7) is 3.10. The fraction of sp³-hybridized carbons (Fsp3) is 0.538. The van der Waals surface area contributed by atoms with E-state index in [1.54, 1.807) is 7.11 Å². The first-order chi connectivity index (χ1) is 8.77. The van der Waals surface area contributed by atoms with Crippen molar-refractivity contribution in [2.45, 2.75) is 6.54 Å². The Bertz CT molecular complexity index is 347. The third-order valence-corrected chi connectivity index (χ3v) is 2.80. The molecule has 102 valence electrons. The van der Waals surface area contributed by atoms with Crippen LogP contribution in [0, 0.1) is 0 Å². The molecular formula is C13H20BrNO3. The third kappa shape index (κ3) is 5.82. The fourth-order valence-electron chi connectivity index (χ4n) is 1.47. The highest BCUT2D eigenvalue weighted by molar-refractivity contribution is 9.10. The molecule has 0 unspecified atom stereocenters. The molecule has 0 atom stereocenters. The van der Waals surface area contributed by atoms with Crippen molar-refractivity contribution in [2.24, 2.45) is 0 Å². The van der Waals surface area contributed by atoms with Gasteiger partial charge in [-0.3, -0.25) is 0 Å². The van der Waals surface area contributed by atoms with Gasteiger partial charge in [0.05, 0.1) is 19.8 Å². The number of methoxy groups -OCH3 is 1. The number of hydrogen-bond donors (Lipinski definition) is 1. The Labute approximate surface area is 117 Å². The number of nitrogens with one attached hydrogen (secondary N) is 1. The summed E-state index contributed by atoms with van der Waals surface area (Å²) < 4.78 is 17.0. The topological polar surface area (TPSA) is 39.7 Å². The van der Waals surface area contributed by atoms with Crippen molar-refractivity contribution < 1.29 is 14.2 Å². The molecule has 0 saturated heterocycles. The predicted octanol–water partition coefficient (Wildman–Crippen LogP) is 2.21. The Morgan fingerprint density at radius 2 is 1.94 bits per heavy atom. The number of benzene rings is 1.